The molecule has 0 radical (unpaired) electrons. The molecule has 3 aromatic heterocycles. The molecule has 1 saturated carbocycles. The van der Waals surface area contributed by atoms with Gasteiger partial charge in [0, 0.05) is 36.8 Å². The van der Waals surface area contributed by atoms with Gasteiger partial charge in [-0.2, -0.15) is 10.2 Å². The number of fused-ring (bicyclic) bond motifs is 1. The monoisotopic (exact) mass is 377 g/mol. The molecule has 0 spiro atoms. The molecule has 1 fully saturated rings. The highest BCUT2D eigenvalue weighted by Gasteiger charge is 2.23. The zero-order valence-corrected chi connectivity index (χ0v) is 16.5. The van der Waals surface area contributed by atoms with Gasteiger partial charge in [-0.3, -0.25) is 4.68 Å². The van der Waals surface area contributed by atoms with E-state index in [1.807, 2.05) is 30.0 Å². The number of hydrogen-bond donors (Lipinski definition) is 2. The van der Waals surface area contributed by atoms with Crippen LogP contribution in [0.15, 0.2) is 37.1 Å². The minimum Gasteiger partial charge on any atom is -0.393 e. The number of nitrogens with one attached hydrogen (secondary N) is 2. The zero-order valence-electron chi connectivity index (χ0n) is 16.5. The molecular formula is C21H27N7. The van der Waals surface area contributed by atoms with E-state index in [1.54, 1.807) is 12.4 Å². The Kier molecular flexibility index (Phi) is 5.23. The van der Waals surface area contributed by atoms with E-state index in [9.17, 15) is 0 Å². The van der Waals surface area contributed by atoms with Gasteiger partial charge < -0.3 is 10.7 Å². The molecule has 0 aromatic carbocycles. The molecule has 1 aliphatic carbocycles. The van der Waals surface area contributed by atoms with E-state index in [1.165, 1.54) is 38.3 Å². The molecule has 3 heterocycles. The highest BCUT2D eigenvalue weighted by molar-refractivity contribution is 6.07. The lowest BCUT2D eigenvalue weighted by Gasteiger charge is -2.21. The first-order valence-corrected chi connectivity index (χ1v) is 9.98. The lowest BCUT2D eigenvalue weighted by Crippen LogP contribution is -2.16. The first-order chi connectivity index (χ1) is 13.7. The number of aromatic nitrogens is 5. The van der Waals surface area contributed by atoms with E-state index >= 15 is 0 Å². The fourth-order valence-electron chi connectivity index (χ4n) is 4.13. The average Bonchev–Trinajstić information content (AvgIpc) is 3.33. The first kappa shape index (κ1) is 18.4. The topological polar surface area (TPSA) is 83.9 Å². The van der Waals surface area contributed by atoms with Crippen molar-refractivity contribution in [3.05, 3.63) is 42.7 Å². The molecule has 2 atom stereocenters. The van der Waals surface area contributed by atoms with Crippen LogP contribution in [0.1, 0.15) is 50.8 Å². The SMILES string of the molecule is CN/C=C(\C=N)c1cn2nccc2c(-c2cnn(C3CCCCCC3C)c2)n1. The predicted octanol–water partition coefficient (Wildman–Crippen LogP) is 3.94. The van der Waals surface area contributed by atoms with Gasteiger partial charge in [0.25, 0.3) is 0 Å². The Morgan fingerprint density at radius 3 is 2.89 bits per heavy atom. The number of hydrogen-bond acceptors (Lipinski definition) is 5. The standard InChI is InChI=1S/C21H27N7/c1-15-6-4-3-5-7-19(15)27-13-17(12-25-27)21-20-8-9-24-28(20)14-18(26-21)16(10-22)11-23-2/h8-15,19,22-23H,3-7H2,1-2H3/b16-11+,22-10?. The van der Waals surface area contributed by atoms with Crippen LogP contribution >= 0.6 is 0 Å². The molecule has 0 saturated heterocycles. The molecular weight excluding hydrogens is 350 g/mol. The Hall–Kier alpha value is -2.96. The summed E-state index contributed by atoms with van der Waals surface area (Å²) in [5.74, 6) is 0.632. The van der Waals surface area contributed by atoms with Gasteiger partial charge in [0.1, 0.15) is 0 Å². The van der Waals surface area contributed by atoms with Crippen LogP contribution < -0.4 is 5.32 Å². The van der Waals surface area contributed by atoms with Crippen LogP contribution in [0.5, 0.6) is 0 Å². The molecule has 7 nitrogen and oxygen atoms in total. The van der Waals surface area contributed by atoms with Crippen molar-refractivity contribution < 1.29 is 0 Å². The molecule has 28 heavy (non-hydrogen) atoms. The van der Waals surface area contributed by atoms with Crippen molar-refractivity contribution in [2.45, 2.75) is 45.1 Å². The fourth-order valence-corrected chi connectivity index (χ4v) is 4.13. The molecule has 0 aliphatic heterocycles. The summed E-state index contributed by atoms with van der Waals surface area (Å²) in [6.45, 7) is 2.34. The summed E-state index contributed by atoms with van der Waals surface area (Å²) in [4.78, 5) is 4.86. The van der Waals surface area contributed by atoms with Gasteiger partial charge in [0.15, 0.2) is 0 Å². The number of rotatable bonds is 5. The van der Waals surface area contributed by atoms with Crippen LogP contribution in [-0.2, 0) is 0 Å². The van der Waals surface area contributed by atoms with Gasteiger partial charge in [-0.25, -0.2) is 9.50 Å². The van der Waals surface area contributed by atoms with Gasteiger partial charge in [0.2, 0.25) is 0 Å². The van der Waals surface area contributed by atoms with Crippen molar-refractivity contribution in [3.8, 4) is 11.3 Å². The maximum atomic E-state index is 7.71. The summed E-state index contributed by atoms with van der Waals surface area (Å²) in [5, 5.41) is 19.8. The Morgan fingerprint density at radius 1 is 1.21 bits per heavy atom. The summed E-state index contributed by atoms with van der Waals surface area (Å²) >= 11 is 0. The van der Waals surface area contributed by atoms with Crippen LogP contribution in [0.2, 0.25) is 0 Å². The van der Waals surface area contributed by atoms with E-state index in [4.69, 9.17) is 15.5 Å². The normalized spacial score (nSPS) is 20.9. The van der Waals surface area contributed by atoms with Crippen LogP contribution in [0.4, 0.5) is 0 Å². The van der Waals surface area contributed by atoms with Crippen molar-refractivity contribution in [2.75, 3.05) is 7.05 Å². The Bertz CT molecular complexity index is 997. The number of allylic oxidation sites excluding steroid dienone is 1. The maximum Gasteiger partial charge on any atom is 0.0999 e. The van der Waals surface area contributed by atoms with Crippen molar-refractivity contribution in [2.24, 2.45) is 5.92 Å². The van der Waals surface area contributed by atoms with E-state index in [-0.39, 0.29) is 0 Å². The van der Waals surface area contributed by atoms with Gasteiger partial charge in [0.05, 0.1) is 41.5 Å². The first-order valence-electron chi connectivity index (χ1n) is 9.98. The van der Waals surface area contributed by atoms with E-state index in [2.05, 4.69) is 28.2 Å². The summed E-state index contributed by atoms with van der Waals surface area (Å²) < 4.78 is 3.95. The molecule has 4 rings (SSSR count). The van der Waals surface area contributed by atoms with Crippen LogP contribution in [0.25, 0.3) is 22.3 Å². The van der Waals surface area contributed by atoms with Crippen LogP contribution in [0.3, 0.4) is 0 Å². The Labute approximate surface area is 165 Å². The van der Waals surface area contributed by atoms with Crippen LogP contribution in [-0.4, -0.2) is 37.6 Å². The molecule has 146 valence electrons. The molecule has 3 aromatic rings. The van der Waals surface area contributed by atoms with Gasteiger partial charge in [-0.15, -0.1) is 0 Å². The smallest absolute Gasteiger partial charge is 0.0999 e. The summed E-state index contributed by atoms with van der Waals surface area (Å²) in [5.41, 5.74) is 4.16. The van der Waals surface area contributed by atoms with Gasteiger partial charge >= 0.3 is 0 Å². The van der Waals surface area contributed by atoms with E-state index in [0.29, 0.717) is 23.2 Å². The van der Waals surface area contributed by atoms with Crippen molar-refractivity contribution in [1.82, 2.24) is 29.7 Å². The van der Waals surface area contributed by atoms with E-state index < -0.39 is 0 Å². The number of nitrogens with zero attached hydrogens (tertiary/aromatic N) is 5. The van der Waals surface area contributed by atoms with Crippen molar-refractivity contribution >= 4 is 17.3 Å². The lowest BCUT2D eigenvalue weighted by molar-refractivity contribution is 0.309. The third-order valence-electron chi connectivity index (χ3n) is 5.67. The second kappa shape index (κ2) is 7.96. The van der Waals surface area contributed by atoms with Gasteiger partial charge in [-0.05, 0) is 24.8 Å². The molecule has 7 heteroatoms. The zero-order chi connectivity index (χ0) is 19.5. The highest BCUT2D eigenvalue weighted by Crippen LogP contribution is 2.33. The summed E-state index contributed by atoms with van der Waals surface area (Å²) in [6.07, 6.45) is 17.1. The third kappa shape index (κ3) is 3.44. The van der Waals surface area contributed by atoms with E-state index in [0.717, 1.165) is 16.8 Å². The second-order valence-electron chi connectivity index (χ2n) is 7.56. The molecule has 0 bridgehead atoms. The Morgan fingerprint density at radius 2 is 2.07 bits per heavy atom. The molecule has 2 unspecified atom stereocenters. The maximum absolute atomic E-state index is 7.71. The fraction of sp³-hybridized carbons (Fsp3) is 0.429. The molecule has 2 N–H and O–H groups in total. The molecule has 1 aliphatic rings. The Balaban J connectivity index is 1.77. The highest BCUT2D eigenvalue weighted by atomic mass is 15.3. The molecule has 0 amide bonds. The third-order valence-corrected chi connectivity index (χ3v) is 5.67. The summed E-state index contributed by atoms with van der Waals surface area (Å²) in [7, 11) is 1.81. The lowest BCUT2D eigenvalue weighted by atomic mass is 9.97. The van der Waals surface area contributed by atoms with Crippen LogP contribution in [0, 0.1) is 11.3 Å². The average molecular weight is 377 g/mol. The predicted molar refractivity (Wildman–Crippen MR) is 111 cm³/mol. The van der Waals surface area contributed by atoms with Crippen molar-refractivity contribution in [1.29, 1.82) is 5.41 Å². The van der Waals surface area contributed by atoms with Gasteiger partial charge in [-0.1, -0.05) is 26.2 Å². The largest absolute Gasteiger partial charge is 0.393 e. The minimum atomic E-state index is 0.446. The quantitative estimate of drug-likeness (QED) is 0.521. The second-order valence-corrected chi connectivity index (χ2v) is 7.56. The van der Waals surface area contributed by atoms with Crippen molar-refractivity contribution in [3.63, 3.8) is 0 Å². The minimum absolute atomic E-state index is 0.446. The summed E-state index contributed by atoms with van der Waals surface area (Å²) in [6, 6.07) is 2.41.